The summed E-state index contributed by atoms with van der Waals surface area (Å²) in [6, 6.07) is 9.88. The van der Waals surface area contributed by atoms with Gasteiger partial charge in [-0.15, -0.1) is 0 Å². The summed E-state index contributed by atoms with van der Waals surface area (Å²) >= 11 is 0. The zero-order valence-electron chi connectivity index (χ0n) is 13.2. The van der Waals surface area contributed by atoms with Gasteiger partial charge in [-0.1, -0.05) is 50.2 Å². The van der Waals surface area contributed by atoms with Gasteiger partial charge in [0.1, 0.15) is 5.76 Å². The van der Waals surface area contributed by atoms with E-state index in [1.54, 1.807) is 13.0 Å². The Hall–Kier alpha value is -2.10. The molecule has 0 aliphatic heterocycles. The van der Waals surface area contributed by atoms with Crippen LogP contribution in [0.1, 0.15) is 61.1 Å². The first kappa shape index (κ1) is 15.3. The van der Waals surface area contributed by atoms with E-state index in [0.29, 0.717) is 11.5 Å². The summed E-state index contributed by atoms with van der Waals surface area (Å²) in [5.41, 5.74) is 2.78. The van der Waals surface area contributed by atoms with Crippen LogP contribution in [0.2, 0.25) is 0 Å². The van der Waals surface area contributed by atoms with Gasteiger partial charge in [0.2, 0.25) is 0 Å². The van der Waals surface area contributed by atoms with Gasteiger partial charge in [0.05, 0.1) is 6.04 Å². The maximum atomic E-state index is 12.0. The van der Waals surface area contributed by atoms with Crippen molar-refractivity contribution in [2.45, 2.75) is 46.1 Å². The summed E-state index contributed by atoms with van der Waals surface area (Å²) in [6.07, 6.45) is 0. The molecule has 0 aliphatic rings. The van der Waals surface area contributed by atoms with Crippen LogP contribution in [0.15, 0.2) is 34.9 Å². The fourth-order valence-electron chi connectivity index (χ4n) is 2.10. The molecular weight excluding hydrogens is 264 g/mol. The lowest BCUT2D eigenvalue weighted by Gasteiger charge is -2.20. The molecule has 0 unspecified atom stereocenters. The Bertz CT molecular complexity index is 621. The highest BCUT2D eigenvalue weighted by molar-refractivity contribution is 5.92. The number of aryl methyl sites for hydroxylation is 1. The van der Waals surface area contributed by atoms with Crippen molar-refractivity contribution < 1.29 is 9.32 Å². The lowest BCUT2D eigenvalue weighted by atomic mass is 9.86. The number of hydrogen-bond acceptors (Lipinski definition) is 3. The third-order valence-corrected chi connectivity index (χ3v) is 3.48. The van der Waals surface area contributed by atoms with Crippen LogP contribution in [0, 0.1) is 6.92 Å². The van der Waals surface area contributed by atoms with Crippen molar-refractivity contribution in [2.24, 2.45) is 0 Å². The lowest BCUT2D eigenvalue weighted by molar-refractivity contribution is 0.0930. The van der Waals surface area contributed by atoms with Crippen molar-refractivity contribution in [3.05, 3.63) is 52.9 Å². The summed E-state index contributed by atoms with van der Waals surface area (Å²) in [7, 11) is 0. The van der Waals surface area contributed by atoms with E-state index >= 15 is 0 Å². The van der Waals surface area contributed by atoms with E-state index in [-0.39, 0.29) is 17.4 Å². The monoisotopic (exact) mass is 286 g/mol. The smallest absolute Gasteiger partial charge is 0.273 e. The van der Waals surface area contributed by atoms with Gasteiger partial charge in [0.15, 0.2) is 5.69 Å². The molecule has 0 spiro atoms. The molecule has 1 aromatic carbocycles. The lowest BCUT2D eigenvalue weighted by Crippen LogP contribution is -2.27. The highest BCUT2D eigenvalue weighted by atomic mass is 16.5. The molecule has 0 radical (unpaired) electrons. The van der Waals surface area contributed by atoms with Gasteiger partial charge in [-0.3, -0.25) is 4.79 Å². The molecule has 1 amide bonds. The van der Waals surface area contributed by atoms with Crippen LogP contribution in [-0.4, -0.2) is 11.1 Å². The highest BCUT2D eigenvalue weighted by Gasteiger charge is 2.16. The standard InChI is InChI=1S/C17H22N2O2/c1-11-10-15(19-21-11)16(20)18-12(2)13-6-8-14(9-7-13)17(3,4)5/h6-10,12H,1-5H3,(H,18,20)/t12-/m0/s1. The predicted octanol–water partition coefficient (Wildman–Crippen LogP) is 3.77. The molecule has 0 bridgehead atoms. The van der Waals surface area contributed by atoms with Crippen LogP contribution in [0.4, 0.5) is 0 Å². The first-order chi connectivity index (χ1) is 9.77. The van der Waals surface area contributed by atoms with Crippen molar-refractivity contribution in [1.82, 2.24) is 10.5 Å². The Morgan fingerprint density at radius 2 is 1.86 bits per heavy atom. The molecule has 1 N–H and O–H groups in total. The maximum absolute atomic E-state index is 12.0. The number of amides is 1. The van der Waals surface area contributed by atoms with Crippen molar-refractivity contribution in [3.63, 3.8) is 0 Å². The molecule has 0 fully saturated rings. The molecular formula is C17H22N2O2. The molecule has 1 atom stereocenters. The van der Waals surface area contributed by atoms with Gasteiger partial charge < -0.3 is 9.84 Å². The van der Waals surface area contributed by atoms with Crippen LogP contribution in [0.25, 0.3) is 0 Å². The van der Waals surface area contributed by atoms with Crippen molar-refractivity contribution in [1.29, 1.82) is 0 Å². The van der Waals surface area contributed by atoms with Crippen LogP contribution in [0.3, 0.4) is 0 Å². The molecule has 2 rings (SSSR count). The van der Waals surface area contributed by atoms with E-state index in [9.17, 15) is 4.79 Å². The Morgan fingerprint density at radius 3 is 2.33 bits per heavy atom. The summed E-state index contributed by atoms with van der Waals surface area (Å²) in [4.78, 5) is 12.0. The minimum atomic E-state index is -0.223. The van der Waals surface area contributed by atoms with Gasteiger partial charge in [-0.05, 0) is 30.4 Å². The molecule has 0 saturated carbocycles. The quantitative estimate of drug-likeness (QED) is 0.934. The molecule has 1 aromatic heterocycles. The van der Waals surface area contributed by atoms with Crippen LogP contribution in [-0.2, 0) is 5.41 Å². The third kappa shape index (κ3) is 3.72. The van der Waals surface area contributed by atoms with Gasteiger partial charge in [-0.2, -0.15) is 0 Å². The number of nitrogens with zero attached hydrogens (tertiary/aromatic N) is 1. The summed E-state index contributed by atoms with van der Waals surface area (Å²) in [6.45, 7) is 10.3. The number of benzene rings is 1. The third-order valence-electron chi connectivity index (χ3n) is 3.48. The Balaban J connectivity index is 2.06. The van der Waals surface area contributed by atoms with Gasteiger partial charge in [0.25, 0.3) is 5.91 Å². The van der Waals surface area contributed by atoms with Crippen LogP contribution >= 0.6 is 0 Å². The number of hydrogen-bond donors (Lipinski definition) is 1. The maximum Gasteiger partial charge on any atom is 0.273 e. The zero-order chi connectivity index (χ0) is 15.6. The second-order valence-corrected chi connectivity index (χ2v) is 6.39. The van der Waals surface area contributed by atoms with E-state index in [4.69, 9.17) is 4.52 Å². The van der Waals surface area contributed by atoms with E-state index in [1.165, 1.54) is 5.56 Å². The molecule has 112 valence electrons. The normalized spacial score (nSPS) is 13.0. The van der Waals surface area contributed by atoms with Gasteiger partial charge in [0, 0.05) is 6.07 Å². The fourth-order valence-corrected chi connectivity index (χ4v) is 2.10. The van der Waals surface area contributed by atoms with E-state index in [2.05, 4.69) is 55.5 Å². The number of aromatic nitrogens is 1. The second kappa shape index (κ2) is 5.72. The van der Waals surface area contributed by atoms with Gasteiger partial charge >= 0.3 is 0 Å². The molecule has 4 heteroatoms. The number of carbonyl (C=O) groups is 1. The van der Waals surface area contributed by atoms with E-state index < -0.39 is 0 Å². The number of rotatable bonds is 3. The number of carbonyl (C=O) groups excluding carboxylic acids is 1. The number of nitrogens with one attached hydrogen (secondary N) is 1. The van der Waals surface area contributed by atoms with Crippen LogP contribution < -0.4 is 5.32 Å². The minimum Gasteiger partial charge on any atom is -0.361 e. The predicted molar refractivity (Wildman–Crippen MR) is 82.3 cm³/mol. The average Bonchev–Trinajstić information content (AvgIpc) is 2.84. The topological polar surface area (TPSA) is 55.1 Å². The molecule has 1 heterocycles. The molecule has 21 heavy (non-hydrogen) atoms. The van der Waals surface area contributed by atoms with Crippen molar-refractivity contribution in [2.75, 3.05) is 0 Å². The average molecular weight is 286 g/mol. The minimum absolute atomic E-state index is 0.0801. The molecule has 0 saturated heterocycles. The largest absolute Gasteiger partial charge is 0.361 e. The zero-order valence-corrected chi connectivity index (χ0v) is 13.2. The summed E-state index contributed by atoms with van der Waals surface area (Å²) in [5, 5.41) is 6.64. The van der Waals surface area contributed by atoms with Crippen molar-refractivity contribution >= 4 is 5.91 Å². The first-order valence-electron chi connectivity index (χ1n) is 7.12. The van der Waals surface area contributed by atoms with Crippen LogP contribution in [0.5, 0.6) is 0 Å². The Kier molecular flexibility index (Phi) is 4.16. The van der Waals surface area contributed by atoms with Crippen molar-refractivity contribution in [3.8, 4) is 0 Å². The SMILES string of the molecule is Cc1cc(C(=O)N[C@@H](C)c2ccc(C(C)(C)C)cc2)no1. The summed E-state index contributed by atoms with van der Waals surface area (Å²) in [5.74, 6) is 0.404. The molecule has 2 aromatic rings. The second-order valence-electron chi connectivity index (χ2n) is 6.39. The molecule has 4 nitrogen and oxygen atoms in total. The van der Waals surface area contributed by atoms with Gasteiger partial charge in [-0.25, -0.2) is 0 Å². The fraction of sp³-hybridized carbons (Fsp3) is 0.412. The molecule has 0 aliphatic carbocycles. The van der Waals surface area contributed by atoms with E-state index in [1.807, 2.05) is 6.92 Å². The Labute approximate surface area is 125 Å². The first-order valence-corrected chi connectivity index (χ1v) is 7.12. The highest BCUT2D eigenvalue weighted by Crippen LogP contribution is 2.24. The Morgan fingerprint density at radius 1 is 1.24 bits per heavy atom. The van der Waals surface area contributed by atoms with E-state index in [0.717, 1.165) is 5.56 Å². The summed E-state index contributed by atoms with van der Waals surface area (Å²) < 4.78 is 4.92.